The van der Waals surface area contributed by atoms with E-state index in [4.69, 9.17) is 4.74 Å². The number of benzene rings is 2. The molecule has 2 aromatic rings. The number of ether oxygens (including phenoxy) is 1. The van der Waals surface area contributed by atoms with Crippen LogP contribution < -0.4 is 14.5 Å². The van der Waals surface area contributed by atoms with Gasteiger partial charge < -0.3 is 9.64 Å². The van der Waals surface area contributed by atoms with Crippen LogP contribution in [0.4, 0.5) is 11.4 Å². The maximum absolute atomic E-state index is 13.0. The number of fused-ring (bicyclic) bond motifs is 2. The van der Waals surface area contributed by atoms with Crippen molar-refractivity contribution in [1.82, 2.24) is 0 Å². The summed E-state index contributed by atoms with van der Waals surface area (Å²) in [5, 5.41) is 0. The molecular weight excluding hydrogens is 316 g/mol. The van der Waals surface area contributed by atoms with E-state index in [2.05, 4.69) is 6.07 Å². The van der Waals surface area contributed by atoms with E-state index in [0.29, 0.717) is 11.4 Å². The fourth-order valence-electron chi connectivity index (χ4n) is 3.68. The number of nitrogens with zero attached hydrogens (tertiary/aromatic N) is 2. The average Bonchev–Trinajstić information content (AvgIpc) is 2.94. The molecule has 2 aliphatic rings. The standard InChI is InChI=1S/C20H20N2O3/c1-13-11-15-7-3-4-8-16(15)22(13)19(23)12-21-17-9-5-6-10-18(17)25-14(2)20(21)24/h3-10,13-14H,11-12H2,1-2H3. The first-order chi connectivity index (χ1) is 12.1. The van der Waals surface area contributed by atoms with Gasteiger partial charge in [0.25, 0.3) is 5.91 Å². The number of carbonyl (C=O) groups excluding carboxylic acids is 2. The second kappa shape index (κ2) is 5.92. The Morgan fingerprint density at radius 1 is 1.08 bits per heavy atom. The molecule has 25 heavy (non-hydrogen) atoms. The molecule has 0 N–H and O–H groups in total. The van der Waals surface area contributed by atoms with Crippen LogP contribution in [0.5, 0.6) is 5.75 Å². The van der Waals surface area contributed by atoms with Gasteiger partial charge in [-0.15, -0.1) is 0 Å². The monoisotopic (exact) mass is 336 g/mol. The van der Waals surface area contributed by atoms with Gasteiger partial charge in [-0.25, -0.2) is 0 Å². The highest BCUT2D eigenvalue weighted by molar-refractivity contribution is 6.07. The lowest BCUT2D eigenvalue weighted by molar-refractivity contribution is -0.127. The first-order valence-electron chi connectivity index (χ1n) is 8.53. The molecular formula is C20H20N2O3. The molecule has 0 saturated carbocycles. The highest BCUT2D eigenvalue weighted by Gasteiger charge is 2.36. The molecule has 0 aromatic heterocycles. The van der Waals surface area contributed by atoms with Gasteiger partial charge in [0.15, 0.2) is 6.10 Å². The molecule has 2 heterocycles. The van der Waals surface area contributed by atoms with Crippen LogP contribution in [0.2, 0.25) is 0 Å². The van der Waals surface area contributed by atoms with Gasteiger partial charge in [-0.2, -0.15) is 0 Å². The minimum Gasteiger partial charge on any atom is -0.479 e. The Morgan fingerprint density at radius 2 is 1.76 bits per heavy atom. The number of rotatable bonds is 2. The van der Waals surface area contributed by atoms with Crippen molar-refractivity contribution < 1.29 is 14.3 Å². The van der Waals surface area contributed by atoms with Crippen LogP contribution in [-0.4, -0.2) is 30.5 Å². The molecule has 0 bridgehead atoms. The quantitative estimate of drug-likeness (QED) is 0.847. The predicted molar refractivity (Wildman–Crippen MR) is 96.0 cm³/mol. The van der Waals surface area contributed by atoms with Gasteiger partial charge in [-0.1, -0.05) is 30.3 Å². The van der Waals surface area contributed by atoms with Crippen molar-refractivity contribution in [1.29, 1.82) is 0 Å². The lowest BCUT2D eigenvalue weighted by Crippen LogP contribution is -2.50. The summed E-state index contributed by atoms with van der Waals surface area (Å²) >= 11 is 0. The van der Waals surface area contributed by atoms with Crippen LogP contribution >= 0.6 is 0 Å². The second-order valence-corrected chi connectivity index (χ2v) is 6.60. The van der Waals surface area contributed by atoms with E-state index in [9.17, 15) is 9.59 Å². The summed E-state index contributed by atoms with van der Waals surface area (Å²) in [6.45, 7) is 3.77. The van der Waals surface area contributed by atoms with Crippen LogP contribution in [0, 0.1) is 0 Å². The van der Waals surface area contributed by atoms with Gasteiger partial charge >= 0.3 is 0 Å². The van der Waals surface area contributed by atoms with Gasteiger partial charge in [-0.05, 0) is 44.0 Å². The summed E-state index contributed by atoms with van der Waals surface area (Å²) in [6, 6.07) is 15.4. The number of hydrogen-bond donors (Lipinski definition) is 0. The molecule has 0 aliphatic carbocycles. The molecule has 2 amide bonds. The zero-order chi connectivity index (χ0) is 17.6. The summed E-state index contributed by atoms with van der Waals surface area (Å²) < 4.78 is 5.64. The maximum atomic E-state index is 13.0. The van der Waals surface area contributed by atoms with Gasteiger partial charge in [0.2, 0.25) is 5.91 Å². The Morgan fingerprint density at radius 3 is 2.56 bits per heavy atom. The van der Waals surface area contributed by atoms with E-state index in [1.165, 1.54) is 5.56 Å². The molecule has 128 valence electrons. The normalized spacial score (nSPS) is 21.6. The first-order valence-corrected chi connectivity index (χ1v) is 8.53. The van der Waals surface area contributed by atoms with Gasteiger partial charge in [-0.3, -0.25) is 14.5 Å². The highest BCUT2D eigenvalue weighted by Crippen LogP contribution is 2.35. The van der Waals surface area contributed by atoms with Crippen LogP contribution in [-0.2, 0) is 16.0 Å². The molecule has 2 aromatic carbocycles. The molecule has 5 heteroatoms. The van der Waals surface area contributed by atoms with E-state index >= 15 is 0 Å². The number of anilines is 2. The summed E-state index contributed by atoms with van der Waals surface area (Å²) in [7, 11) is 0. The topological polar surface area (TPSA) is 49.9 Å². The Labute approximate surface area is 146 Å². The third-order valence-corrected chi connectivity index (χ3v) is 4.84. The number of hydrogen-bond acceptors (Lipinski definition) is 3. The Hall–Kier alpha value is -2.82. The van der Waals surface area contributed by atoms with Crippen molar-refractivity contribution in [3.05, 3.63) is 54.1 Å². The van der Waals surface area contributed by atoms with Crippen molar-refractivity contribution >= 4 is 23.2 Å². The average molecular weight is 336 g/mol. The fraction of sp³-hybridized carbons (Fsp3) is 0.300. The fourth-order valence-corrected chi connectivity index (χ4v) is 3.68. The van der Waals surface area contributed by atoms with Crippen molar-refractivity contribution in [2.75, 3.05) is 16.3 Å². The minimum atomic E-state index is -0.592. The van der Waals surface area contributed by atoms with E-state index < -0.39 is 6.10 Å². The molecule has 0 radical (unpaired) electrons. The van der Waals surface area contributed by atoms with Crippen LogP contribution in [0.3, 0.4) is 0 Å². The van der Waals surface area contributed by atoms with Crippen LogP contribution in [0.15, 0.2) is 48.5 Å². The molecule has 0 fully saturated rings. The molecule has 2 aliphatic heterocycles. The number of carbonyl (C=O) groups is 2. The summed E-state index contributed by atoms with van der Waals surface area (Å²) in [4.78, 5) is 29.0. The number of amides is 2. The maximum Gasteiger partial charge on any atom is 0.268 e. The van der Waals surface area contributed by atoms with E-state index in [1.54, 1.807) is 11.8 Å². The Balaban J connectivity index is 1.64. The first kappa shape index (κ1) is 15.7. The van der Waals surface area contributed by atoms with Crippen molar-refractivity contribution in [3.8, 4) is 5.75 Å². The SMILES string of the molecule is CC1Oc2ccccc2N(CC(=O)N2c3ccccc3CC2C)C1=O. The van der Waals surface area contributed by atoms with Crippen molar-refractivity contribution in [2.45, 2.75) is 32.4 Å². The van der Waals surface area contributed by atoms with E-state index in [0.717, 1.165) is 12.1 Å². The zero-order valence-corrected chi connectivity index (χ0v) is 14.3. The van der Waals surface area contributed by atoms with Crippen LogP contribution in [0.1, 0.15) is 19.4 Å². The summed E-state index contributed by atoms with van der Waals surface area (Å²) in [5.41, 5.74) is 2.77. The highest BCUT2D eigenvalue weighted by atomic mass is 16.5. The summed E-state index contributed by atoms with van der Waals surface area (Å²) in [6.07, 6.45) is 0.248. The third-order valence-electron chi connectivity index (χ3n) is 4.84. The van der Waals surface area contributed by atoms with Crippen molar-refractivity contribution in [2.24, 2.45) is 0 Å². The molecule has 5 nitrogen and oxygen atoms in total. The van der Waals surface area contributed by atoms with Gasteiger partial charge in [0.05, 0.1) is 5.69 Å². The van der Waals surface area contributed by atoms with Gasteiger partial charge in [0, 0.05) is 11.7 Å². The second-order valence-electron chi connectivity index (χ2n) is 6.60. The molecule has 4 rings (SSSR count). The molecule has 2 atom stereocenters. The zero-order valence-electron chi connectivity index (χ0n) is 14.3. The Bertz CT molecular complexity index is 848. The smallest absolute Gasteiger partial charge is 0.268 e. The largest absolute Gasteiger partial charge is 0.479 e. The lowest BCUT2D eigenvalue weighted by Gasteiger charge is -2.34. The third kappa shape index (κ3) is 2.56. The predicted octanol–water partition coefficient (Wildman–Crippen LogP) is 2.78. The van der Waals surface area contributed by atoms with E-state index in [1.807, 2.05) is 54.3 Å². The molecule has 0 saturated heterocycles. The van der Waals surface area contributed by atoms with Crippen molar-refractivity contribution in [3.63, 3.8) is 0 Å². The van der Waals surface area contributed by atoms with Crippen LogP contribution in [0.25, 0.3) is 0 Å². The number of para-hydroxylation sites is 3. The molecule has 0 spiro atoms. The van der Waals surface area contributed by atoms with E-state index in [-0.39, 0.29) is 24.4 Å². The lowest BCUT2D eigenvalue weighted by atomic mass is 10.1. The van der Waals surface area contributed by atoms with Gasteiger partial charge in [0.1, 0.15) is 12.3 Å². The summed E-state index contributed by atoms with van der Waals surface area (Å²) in [5.74, 6) is 0.374. The minimum absolute atomic E-state index is 0.0161. The Kier molecular flexibility index (Phi) is 3.71. The molecule has 2 unspecified atom stereocenters.